The van der Waals surface area contributed by atoms with E-state index >= 15 is 0 Å². The van der Waals surface area contributed by atoms with Crippen LogP contribution in [0.15, 0.2) is 22.7 Å². The van der Waals surface area contributed by atoms with Gasteiger partial charge in [0.2, 0.25) is 0 Å². The molecule has 0 amide bonds. The lowest BCUT2D eigenvalue weighted by Gasteiger charge is -1.96. The predicted molar refractivity (Wildman–Crippen MR) is 71.8 cm³/mol. The van der Waals surface area contributed by atoms with Crippen LogP contribution in [0, 0.1) is 13.8 Å². The van der Waals surface area contributed by atoms with Crippen LogP contribution in [0.1, 0.15) is 16.9 Å². The molecule has 0 atom stereocenters. The number of hydrogen-bond donors (Lipinski definition) is 1. The van der Waals surface area contributed by atoms with Crippen molar-refractivity contribution in [3.05, 3.63) is 35.1 Å². The maximum absolute atomic E-state index is 5.17. The van der Waals surface area contributed by atoms with Gasteiger partial charge in [0.05, 0.1) is 11.0 Å². The SMILES string of the molecule is COCc1cc(-c2nc3c(C)cc(C)cc3[nH]2)no1. The highest BCUT2D eigenvalue weighted by molar-refractivity contribution is 5.82. The van der Waals surface area contributed by atoms with E-state index < -0.39 is 0 Å². The Hall–Kier alpha value is -2.14. The molecule has 1 aromatic carbocycles. The number of nitrogens with one attached hydrogen (secondary N) is 1. The zero-order valence-corrected chi connectivity index (χ0v) is 11.2. The van der Waals surface area contributed by atoms with Gasteiger partial charge in [-0.25, -0.2) is 4.98 Å². The number of ether oxygens (including phenoxy) is 1. The second-order valence-corrected chi connectivity index (χ2v) is 4.67. The van der Waals surface area contributed by atoms with Gasteiger partial charge in [-0.2, -0.15) is 0 Å². The van der Waals surface area contributed by atoms with Gasteiger partial charge < -0.3 is 14.2 Å². The van der Waals surface area contributed by atoms with Crippen LogP contribution < -0.4 is 0 Å². The van der Waals surface area contributed by atoms with Crippen LogP contribution in [0.5, 0.6) is 0 Å². The average Bonchev–Trinajstić information content (AvgIpc) is 2.95. The van der Waals surface area contributed by atoms with Crippen molar-refractivity contribution >= 4 is 11.0 Å². The van der Waals surface area contributed by atoms with Gasteiger partial charge in [-0.15, -0.1) is 0 Å². The summed E-state index contributed by atoms with van der Waals surface area (Å²) in [5.41, 5.74) is 5.04. The number of hydrogen-bond acceptors (Lipinski definition) is 4. The molecule has 0 saturated heterocycles. The van der Waals surface area contributed by atoms with Crippen LogP contribution >= 0.6 is 0 Å². The summed E-state index contributed by atoms with van der Waals surface area (Å²) < 4.78 is 10.2. The summed E-state index contributed by atoms with van der Waals surface area (Å²) in [6.45, 7) is 4.53. The number of H-pyrrole nitrogens is 1. The number of aromatic nitrogens is 3. The fourth-order valence-corrected chi connectivity index (χ4v) is 2.23. The lowest BCUT2D eigenvalue weighted by atomic mass is 10.1. The van der Waals surface area contributed by atoms with Gasteiger partial charge in [-0.1, -0.05) is 11.2 Å². The van der Waals surface area contributed by atoms with E-state index in [1.165, 1.54) is 5.56 Å². The Kier molecular flexibility index (Phi) is 2.83. The normalized spacial score (nSPS) is 11.3. The molecule has 0 aliphatic carbocycles. The number of nitrogens with zero attached hydrogens (tertiary/aromatic N) is 2. The van der Waals surface area contributed by atoms with Gasteiger partial charge in [0.15, 0.2) is 11.6 Å². The molecule has 0 aliphatic rings. The number of imidazole rings is 1. The van der Waals surface area contributed by atoms with Crippen molar-refractivity contribution < 1.29 is 9.26 Å². The zero-order chi connectivity index (χ0) is 13.4. The number of aromatic amines is 1. The van der Waals surface area contributed by atoms with Crippen LogP contribution in [-0.4, -0.2) is 22.2 Å². The summed E-state index contributed by atoms with van der Waals surface area (Å²) in [4.78, 5) is 7.85. The predicted octanol–water partition coefficient (Wildman–Crippen LogP) is 2.98. The van der Waals surface area contributed by atoms with E-state index in [1.807, 2.05) is 6.07 Å². The van der Waals surface area contributed by atoms with Crippen molar-refractivity contribution in [1.82, 2.24) is 15.1 Å². The minimum atomic E-state index is 0.408. The molecule has 0 fully saturated rings. The Bertz CT molecular complexity index is 727. The summed E-state index contributed by atoms with van der Waals surface area (Å²) in [5.74, 6) is 1.40. The highest BCUT2D eigenvalue weighted by Crippen LogP contribution is 2.23. The molecule has 0 bridgehead atoms. The lowest BCUT2D eigenvalue weighted by Crippen LogP contribution is -1.82. The third-order valence-corrected chi connectivity index (χ3v) is 3.01. The van der Waals surface area contributed by atoms with Crippen LogP contribution in [0.3, 0.4) is 0 Å². The fourth-order valence-electron chi connectivity index (χ4n) is 2.23. The first kappa shape index (κ1) is 11.9. The van der Waals surface area contributed by atoms with E-state index in [0.29, 0.717) is 18.1 Å². The van der Waals surface area contributed by atoms with E-state index in [0.717, 1.165) is 22.4 Å². The first-order valence-electron chi connectivity index (χ1n) is 6.09. The molecule has 98 valence electrons. The summed E-state index contributed by atoms with van der Waals surface area (Å²) in [6, 6.07) is 6.03. The Balaban J connectivity index is 2.07. The molecule has 0 saturated carbocycles. The Morgan fingerprint density at radius 2 is 2.11 bits per heavy atom. The molecule has 0 spiro atoms. The Morgan fingerprint density at radius 1 is 1.26 bits per heavy atom. The molecule has 0 unspecified atom stereocenters. The average molecular weight is 257 g/mol. The van der Waals surface area contributed by atoms with Crippen molar-refractivity contribution in [2.75, 3.05) is 7.11 Å². The van der Waals surface area contributed by atoms with Crippen molar-refractivity contribution in [3.63, 3.8) is 0 Å². The van der Waals surface area contributed by atoms with Crippen molar-refractivity contribution in [3.8, 4) is 11.5 Å². The molecular formula is C14H15N3O2. The van der Waals surface area contributed by atoms with E-state index in [4.69, 9.17) is 9.26 Å². The van der Waals surface area contributed by atoms with Crippen molar-refractivity contribution in [1.29, 1.82) is 0 Å². The summed E-state index contributed by atoms with van der Waals surface area (Å²) >= 11 is 0. The van der Waals surface area contributed by atoms with Crippen LogP contribution in [-0.2, 0) is 11.3 Å². The number of rotatable bonds is 3. The molecule has 5 heteroatoms. The maximum atomic E-state index is 5.17. The molecule has 3 aromatic rings. The molecule has 5 nitrogen and oxygen atoms in total. The van der Waals surface area contributed by atoms with Gasteiger partial charge in [-0.3, -0.25) is 0 Å². The summed E-state index contributed by atoms with van der Waals surface area (Å²) in [5, 5.41) is 4.00. The van der Waals surface area contributed by atoms with Gasteiger partial charge in [0, 0.05) is 13.2 Å². The smallest absolute Gasteiger partial charge is 0.163 e. The Morgan fingerprint density at radius 3 is 2.89 bits per heavy atom. The van der Waals surface area contributed by atoms with Crippen molar-refractivity contribution in [2.24, 2.45) is 0 Å². The third kappa shape index (κ3) is 2.13. The largest absolute Gasteiger partial charge is 0.377 e. The van der Waals surface area contributed by atoms with Gasteiger partial charge >= 0.3 is 0 Å². The molecule has 2 heterocycles. The highest BCUT2D eigenvalue weighted by atomic mass is 16.5. The maximum Gasteiger partial charge on any atom is 0.163 e. The quantitative estimate of drug-likeness (QED) is 0.783. The van der Waals surface area contributed by atoms with E-state index in [1.54, 1.807) is 7.11 Å². The molecule has 0 radical (unpaired) electrons. The first-order valence-corrected chi connectivity index (χ1v) is 6.09. The molecular weight excluding hydrogens is 242 g/mol. The highest BCUT2D eigenvalue weighted by Gasteiger charge is 2.12. The Labute approximate surface area is 110 Å². The van der Waals surface area contributed by atoms with E-state index in [2.05, 4.69) is 41.1 Å². The van der Waals surface area contributed by atoms with E-state index in [9.17, 15) is 0 Å². The molecule has 1 N–H and O–H groups in total. The summed E-state index contributed by atoms with van der Waals surface area (Å²) in [7, 11) is 1.62. The third-order valence-electron chi connectivity index (χ3n) is 3.01. The van der Waals surface area contributed by atoms with Gasteiger partial charge in [0.1, 0.15) is 12.3 Å². The second-order valence-electron chi connectivity index (χ2n) is 4.67. The lowest BCUT2D eigenvalue weighted by molar-refractivity contribution is 0.156. The molecule has 19 heavy (non-hydrogen) atoms. The zero-order valence-electron chi connectivity index (χ0n) is 11.2. The molecule has 2 aromatic heterocycles. The van der Waals surface area contributed by atoms with Gasteiger partial charge in [0.25, 0.3) is 0 Å². The molecule has 0 aliphatic heterocycles. The van der Waals surface area contributed by atoms with Crippen LogP contribution in [0.4, 0.5) is 0 Å². The monoisotopic (exact) mass is 257 g/mol. The minimum Gasteiger partial charge on any atom is -0.377 e. The molecule has 3 rings (SSSR count). The number of fused-ring (bicyclic) bond motifs is 1. The minimum absolute atomic E-state index is 0.408. The fraction of sp³-hybridized carbons (Fsp3) is 0.286. The number of aryl methyl sites for hydroxylation is 2. The summed E-state index contributed by atoms with van der Waals surface area (Å²) in [6.07, 6.45) is 0. The van der Waals surface area contributed by atoms with Gasteiger partial charge in [-0.05, 0) is 31.0 Å². The van der Waals surface area contributed by atoms with Crippen LogP contribution in [0.2, 0.25) is 0 Å². The van der Waals surface area contributed by atoms with Crippen molar-refractivity contribution in [2.45, 2.75) is 20.5 Å². The van der Waals surface area contributed by atoms with E-state index in [-0.39, 0.29) is 0 Å². The van der Waals surface area contributed by atoms with Crippen LogP contribution in [0.25, 0.3) is 22.6 Å². The second kappa shape index (κ2) is 4.51. The number of benzene rings is 1. The number of methoxy groups -OCH3 is 1. The first-order chi connectivity index (χ1) is 9.17. The standard InChI is InChI=1S/C14H15N3O2/c1-8-4-9(2)13-11(5-8)15-14(16-13)12-6-10(7-18-3)19-17-12/h4-6H,7H2,1-3H3,(H,15,16). The topological polar surface area (TPSA) is 63.9 Å².